The van der Waals surface area contributed by atoms with E-state index in [-0.39, 0.29) is 10.8 Å². The fourth-order valence-corrected chi connectivity index (χ4v) is 4.78. The highest BCUT2D eigenvalue weighted by molar-refractivity contribution is 7.89. The van der Waals surface area contributed by atoms with E-state index < -0.39 is 10.0 Å². The summed E-state index contributed by atoms with van der Waals surface area (Å²) in [5, 5.41) is 11.2. The van der Waals surface area contributed by atoms with Gasteiger partial charge in [0, 0.05) is 31.7 Å². The van der Waals surface area contributed by atoms with Gasteiger partial charge in [-0.1, -0.05) is 37.3 Å². The van der Waals surface area contributed by atoms with Crippen molar-refractivity contribution < 1.29 is 13.2 Å². The molecule has 0 saturated heterocycles. The van der Waals surface area contributed by atoms with Gasteiger partial charge in [-0.25, -0.2) is 13.1 Å². The van der Waals surface area contributed by atoms with Crippen molar-refractivity contribution in [2.24, 2.45) is 0 Å². The van der Waals surface area contributed by atoms with Crippen molar-refractivity contribution in [1.29, 1.82) is 0 Å². The van der Waals surface area contributed by atoms with E-state index in [1.54, 1.807) is 22.9 Å². The first-order valence-corrected chi connectivity index (χ1v) is 11.5. The highest BCUT2D eigenvalue weighted by Gasteiger charge is 2.22. The molecule has 0 spiro atoms. The number of para-hydroxylation sites is 1. The van der Waals surface area contributed by atoms with Crippen LogP contribution >= 0.6 is 0 Å². The van der Waals surface area contributed by atoms with Gasteiger partial charge in [-0.05, 0) is 43.2 Å². The highest BCUT2D eigenvalue weighted by atomic mass is 32.2. The fourth-order valence-electron chi connectivity index (χ4n) is 3.31. The van der Waals surface area contributed by atoms with Crippen molar-refractivity contribution >= 4 is 32.7 Å². The van der Waals surface area contributed by atoms with E-state index in [0.717, 1.165) is 16.8 Å². The molecule has 1 N–H and O–H groups in total. The molecule has 0 aliphatic heterocycles. The van der Waals surface area contributed by atoms with Crippen LogP contribution in [0.25, 0.3) is 11.0 Å². The van der Waals surface area contributed by atoms with E-state index in [2.05, 4.69) is 15.6 Å². The summed E-state index contributed by atoms with van der Waals surface area (Å²) in [4.78, 5) is 12.4. The van der Waals surface area contributed by atoms with E-state index in [9.17, 15) is 13.2 Å². The lowest BCUT2D eigenvalue weighted by Gasteiger charge is -2.18. The minimum Gasteiger partial charge on any atom is -0.326 e. The quantitative estimate of drug-likeness (QED) is 0.563. The molecule has 1 heterocycles. The lowest BCUT2D eigenvalue weighted by molar-refractivity contribution is -0.116. The smallest absolute Gasteiger partial charge is 0.243 e. The standard InChI is InChI=1S/C21H27N5O3S/c1-4-25(5-2)30(28,29)17-12-13-20-19(15-17)23-24-26(20)14-8-11-21(27)22-18-10-7-6-9-16(18)3/h6-7,9-10,12-13,15H,4-5,8,11,14H2,1-3H3,(H,22,27). The second-order valence-corrected chi connectivity index (χ2v) is 8.96. The van der Waals surface area contributed by atoms with Gasteiger partial charge in [-0.3, -0.25) is 4.79 Å². The Kier molecular flexibility index (Phi) is 6.84. The summed E-state index contributed by atoms with van der Waals surface area (Å²) >= 11 is 0. The summed E-state index contributed by atoms with van der Waals surface area (Å²) < 4.78 is 28.5. The van der Waals surface area contributed by atoms with Crippen molar-refractivity contribution in [2.45, 2.75) is 45.1 Å². The van der Waals surface area contributed by atoms with Crippen LogP contribution in [0.1, 0.15) is 32.3 Å². The van der Waals surface area contributed by atoms with Crippen LogP contribution in [0.2, 0.25) is 0 Å². The van der Waals surface area contributed by atoms with Crippen molar-refractivity contribution in [3.63, 3.8) is 0 Å². The van der Waals surface area contributed by atoms with Gasteiger partial charge in [-0.15, -0.1) is 5.10 Å². The fraction of sp³-hybridized carbons (Fsp3) is 0.381. The van der Waals surface area contributed by atoms with Gasteiger partial charge in [0.15, 0.2) is 0 Å². The van der Waals surface area contributed by atoms with Crippen molar-refractivity contribution in [2.75, 3.05) is 18.4 Å². The van der Waals surface area contributed by atoms with E-state index in [0.29, 0.717) is 38.0 Å². The zero-order valence-electron chi connectivity index (χ0n) is 17.5. The molecule has 30 heavy (non-hydrogen) atoms. The van der Waals surface area contributed by atoms with Gasteiger partial charge in [0.25, 0.3) is 0 Å². The maximum absolute atomic E-state index is 12.7. The molecule has 0 fully saturated rings. The Balaban J connectivity index is 1.65. The van der Waals surface area contributed by atoms with Gasteiger partial charge in [-0.2, -0.15) is 4.31 Å². The maximum Gasteiger partial charge on any atom is 0.243 e. The molecule has 3 aromatic rings. The molecule has 8 nitrogen and oxygen atoms in total. The number of hydrogen-bond acceptors (Lipinski definition) is 5. The molecule has 0 aliphatic rings. The SMILES string of the molecule is CCN(CC)S(=O)(=O)c1ccc2c(c1)nnn2CCCC(=O)Nc1ccccc1C. The highest BCUT2D eigenvalue weighted by Crippen LogP contribution is 2.21. The molecule has 2 aromatic carbocycles. The third-order valence-corrected chi connectivity index (χ3v) is 7.07. The Morgan fingerprint density at radius 2 is 1.87 bits per heavy atom. The second kappa shape index (κ2) is 9.36. The number of aromatic nitrogens is 3. The van der Waals surface area contributed by atoms with Crippen LogP contribution in [-0.2, 0) is 21.4 Å². The Morgan fingerprint density at radius 1 is 1.13 bits per heavy atom. The zero-order chi connectivity index (χ0) is 21.7. The minimum absolute atomic E-state index is 0.0543. The third-order valence-electron chi connectivity index (χ3n) is 5.02. The molecule has 0 atom stereocenters. The normalized spacial score (nSPS) is 11.9. The van der Waals surface area contributed by atoms with E-state index in [4.69, 9.17) is 0 Å². The number of fused-ring (bicyclic) bond motifs is 1. The Morgan fingerprint density at radius 3 is 2.57 bits per heavy atom. The van der Waals surface area contributed by atoms with Crippen molar-refractivity contribution in [1.82, 2.24) is 19.3 Å². The Bertz CT molecular complexity index is 1140. The van der Waals surface area contributed by atoms with Gasteiger partial charge < -0.3 is 5.32 Å². The number of benzene rings is 2. The molecule has 0 radical (unpaired) electrons. The van der Waals surface area contributed by atoms with E-state index in [1.807, 2.05) is 45.0 Å². The monoisotopic (exact) mass is 429 g/mol. The third kappa shape index (κ3) is 4.68. The molecule has 0 unspecified atom stereocenters. The molecule has 160 valence electrons. The number of nitrogens with zero attached hydrogens (tertiary/aromatic N) is 4. The molecular weight excluding hydrogens is 402 g/mol. The topological polar surface area (TPSA) is 97.2 Å². The number of sulfonamides is 1. The Labute approximate surface area is 176 Å². The molecule has 1 aromatic heterocycles. The van der Waals surface area contributed by atoms with Gasteiger partial charge in [0.2, 0.25) is 15.9 Å². The van der Waals surface area contributed by atoms with Crippen molar-refractivity contribution in [3.8, 4) is 0 Å². The lowest BCUT2D eigenvalue weighted by atomic mass is 10.2. The van der Waals surface area contributed by atoms with Gasteiger partial charge in [0.1, 0.15) is 5.52 Å². The Hall–Kier alpha value is -2.78. The molecule has 1 amide bonds. The number of nitrogens with one attached hydrogen (secondary N) is 1. The summed E-state index contributed by atoms with van der Waals surface area (Å²) in [5.74, 6) is -0.0543. The number of amides is 1. The molecule has 9 heteroatoms. The van der Waals surface area contributed by atoms with Crippen LogP contribution in [-0.4, -0.2) is 46.7 Å². The van der Waals surface area contributed by atoms with Crippen molar-refractivity contribution in [3.05, 3.63) is 48.0 Å². The van der Waals surface area contributed by atoms with Gasteiger partial charge >= 0.3 is 0 Å². The number of rotatable bonds is 9. The first-order valence-electron chi connectivity index (χ1n) is 10.1. The van der Waals surface area contributed by atoms with Crippen LogP contribution in [0.4, 0.5) is 5.69 Å². The summed E-state index contributed by atoms with van der Waals surface area (Å²) in [6.07, 6.45) is 0.944. The number of hydrogen-bond donors (Lipinski definition) is 1. The molecular formula is C21H27N5O3S. The lowest BCUT2D eigenvalue weighted by Crippen LogP contribution is -2.30. The van der Waals surface area contributed by atoms with Crippen LogP contribution < -0.4 is 5.32 Å². The van der Waals surface area contributed by atoms with Crippen LogP contribution in [0.3, 0.4) is 0 Å². The summed E-state index contributed by atoms with van der Waals surface area (Å²) in [7, 11) is -3.54. The molecule has 3 rings (SSSR count). The molecule has 0 saturated carbocycles. The number of carbonyl (C=O) groups excluding carboxylic acids is 1. The predicted molar refractivity (Wildman–Crippen MR) is 117 cm³/mol. The molecule has 0 aliphatic carbocycles. The number of aryl methyl sites for hydroxylation is 2. The second-order valence-electron chi connectivity index (χ2n) is 7.02. The minimum atomic E-state index is -3.54. The average Bonchev–Trinajstić information content (AvgIpc) is 3.13. The van der Waals surface area contributed by atoms with E-state index >= 15 is 0 Å². The summed E-state index contributed by atoms with van der Waals surface area (Å²) in [6, 6.07) is 12.5. The maximum atomic E-state index is 12.7. The summed E-state index contributed by atoms with van der Waals surface area (Å²) in [6.45, 7) is 6.91. The van der Waals surface area contributed by atoms with Crippen LogP contribution in [0.5, 0.6) is 0 Å². The molecule has 0 bridgehead atoms. The van der Waals surface area contributed by atoms with E-state index in [1.165, 1.54) is 4.31 Å². The number of carbonyl (C=O) groups is 1. The number of anilines is 1. The average molecular weight is 430 g/mol. The van der Waals surface area contributed by atoms with Gasteiger partial charge in [0.05, 0.1) is 10.4 Å². The zero-order valence-corrected chi connectivity index (χ0v) is 18.3. The van der Waals surface area contributed by atoms with Crippen LogP contribution in [0, 0.1) is 6.92 Å². The summed E-state index contributed by atoms with van der Waals surface area (Å²) in [5.41, 5.74) is 3.10. The predicted octanol–water partition coefficient (Wildman–Crippen LogP) is 3.19. The van der Waals surface area contributed by atoms with Crippen LogP contribution in [0.15, 0.2) is 47.4 Å². The first-order chi connectivity index (χ1) is 14.4. The first kappa shape index (κ1) is 21.9. The largest absolute Gasteiger partial charge is 0.326 e.